The molecular formula is C13H20N4O. The molecule has 1 amide bonds. The van der Waals surface area contributed by atoms with Crippen molar-refractivity contribution in [3.05, 3.63) is 23.4 Å². The molecule has 0 aliphatic carbocycles. The van der Waals surface area contributed by atoms with Gasteiger partial charge in [0.15, 0.2) is 0 Å². The fourth-order valence-electron chi connectivity index (χ4n) is 2.59. The molecular weight excluding hydrogens is 228 g/mol. The Balaban J connectivity index is 2.39. The van der Waals surface area contributed by atoms with Crippen LogP contribution in [0.25, 0.3) is 0 Å². The number of pyridine rings is 1. The van der Waals surface area contributed by atoms with Crippen LogP contribution in [0.15, 0.2) is 12.3 Å². The highest BCUT2D eigenvalue weighted by Crippen LogP contribution is 2.27. The molecule has 18 heavy (non-hydrogen) atoms. The van der Waals surface area contributed by atoms with E-state index in [2.05, 4.69) is 16.8 Å². The van der Waals surface area contributed by atoms with E-state index in [-0.39, 0.29) is 12.1 Å². The standard InChI is InChI=1S/C13H20N4O/c1-8-3-5-16-13(11(8)12(15)18)17-6-4-10(14)7-9(17)2/h3,5,9-10H,4,6-7,14H2,1-2H3,(H2,15,18). The Bertz CT molecular complexity index is 460. The number of rotatable bonds is 2. The van der Waals surface area contributed by atoms with E-state index in [4.69, 9.17) is 11.5 Å². The quantitative estimate of drug-likeness (QED) is 0.811. The molecule has 98 valence electrons. The molecule has 2 rings (SSSR count). The monoisotopic (exact) mass is 248 g/mol. The van der Waals surface area contributed by atoms with Crippen LogP contribution in [0.3, 0.4) is 0 Å². The van der Waals surface area contributed by atoms with Crippen molar-refractivity contribution in [2.45, 2.75) is 38.8 Å². The van der Waals surface area contributed by atoms with Crippen LogP contribution in [0.5, 0.6) is 0 Å². The fraction of sp³-hybridized carbons (Fsp3) is 0.538. The molecule has 2 unspecified atom stereocenters. The third kappa shape index (κ3) is 2.31. The van der Waals surface area contributed by atoms with Crippen molar-refractivity contribution < 1.29 is 4.79 Å². The Morgan fingerprint density at radius 3 is 2.89 bits per heavy atom. The van der Waals surface area contributed by atoms with Gasteiger partial charge in [-0.05, 0) is 38.3 Å². The molecule has 0 bridgehead atoms. The zero-order valence-corrected chi connectivity index (χ0v) is 10.9. The van der Waals surface area contributed by atoms with Crippen LogP contribution in [0.4, 0.5) is 5.82 Å². The highest BCUT2D eigenvalue weighted by Gasteiger charge is 2.27. The summed E-state index contributed by atoms with van der Waals surface area (Å²) in [5, 5.41) is 0. The maximum atomic E-state index is 11.6. The predicted octanol–water partition coefficient (Wildman–Crippen LogP) is 0.805. The van der Waals surface area contributed by atoms with E-state index in [9.17, 15) is 4.79 Å². The number of aryl methyl sites for hydroxylation is 1. The summed E-state index contributed by atoms with van der Waals surface area (Å²) in [6.07, 6.45) is 3.55. The lowest BCUT2D eigenvalue weighted by Gasteiger charge is -2.38. The highest BCUT2D eigenvalue weighted by molar-refractivity contribution is 5.99. The Kier molecular flexibility index (Phi) is 3.52. The van der Waals surface area contributed by atoms with Gasteiger partial charge in [0.2, 0.25) is 0 Å². The maximum Gasteiger partial charge on any atom is 0.252 e. The summed E-state index contributed by atoms with van der Waals surface area (Å²) in [7, 11) is 0. The molecule has 1 saturated heterocycles. The fourth-order valence-corrected chi connectivity index (χ4v) is 2.59. The first-order chi connectivity index (χ1) is 8.50. The second-order valence-electron chi connectivity index (χ2n) is 5.02. The van der Waals surface area contributed by atoms with Gasteiger partial charge in [0.1, 0.15) is 5.82 Å². The average molecular weight is 248 g/mol. The molecule has 1 aromatic rings. The van der Waals surface area contributed by atoms with Crippen LogP contribution in [0.1, 0.15) is 35.7 Å². The largest absolute Gasteiger partial charge is 0.365 e. The molecule has 2 atom stereocenters. The van der Waals surface area contributed by atoms with E-state index in [0.717, 1.165) is 24.9 Å². The van der Waals surface area contributed by atoms with Crippen molar-refractivity contribution in [1.82, 2.24) is 4.98 Å². The summed E-state index contributed by atoms with van der Waals surface area (Å²) in [6, 6.07) is 2.32. The number of piperidine rings is 1. The first-order valence-corrected chi connectivity index (χ1v) is 6.28. The van der Waals surface area contributed by atoms with Crippen LogP contribution in [-0.4, -0.2) is 29.5 Å². The second-order valence-corrected chi connectivity index (χ2v) is 5.02. The van der Waals surface area contributed by atoms with Crippen molar-refractivity contribution in [1.29, 1.82) is 0 Å². The zero-order chi connectivity index (χ0) is 13.3. The SMILES string of the molecule is Cc1ccnc(N2CCC(N)CC2C)c1C(N)=O. The Labute approximate surface area is 107 Å². The van der Waals surface area contributed by atoms with Gasteiger partial charge < -0.3 is 16.4 Å². The lowest BCUT2D eigenvalue weighted by atomic mass is 9.98. The van der Waals surface area contributed by atoms with Gasteiger partial charge in [-0.2, -0.15) is 0 Å². The van der Waals surface area contributed by atoms with Crippen molar-refractivity contribution >= 4 is 11.7 Å². The maximum absolute atomic E-state index is 11.6. The van der Waals surface area contributed by atoms with E-state index >= 15 is 0 Å². The predicted molar refractivity (Wildman–Crippen MR) is 71.5 cm³/mol. The molecule has 1 aromatic heterocycles. The molecule has 5 nitrogen and oxygen atoms in total. The summed E-state index contributed by atoms with van der Waals surface area (Å²) >= 11 is 0. The minimum atomic E-state index is -0.419. The summed E-state index contributed by atoms with van der Waals surface area (Å²) in [6.45, 7) is 4.80. The van der Waals surface area contributed by atoms with Gasteiger partial charge in [0.05, 0.1) is 5.56 Å². The molecule has 0 saturated carbocycles. The van der Waals surface area contributed by atoms with Crippen LogP contribution in [0, 0.1) is 6.92 Å². The first-order valence-electron chi connectivity index (χ1n) is 6.28. The van der Waals surface area contributed by atoms with Gasteiger partial charge in [0.25, 0.3) is 5.91 Å². The van der Waals surface area contributed by atoms with Gasteiger partial charge in [0, 0.05) is 24.8 Å². The van der Waals surface area contributed by atoms with E-state index in [1.165, 1.54) is 0 Å². The van der Waals surface area contributed by atoms with Crippen LogP contribution < -0.4 is 16.4 Å². The molecule has 2 heterocycles. The molecule has 1 aliphatic heterocycles. The van der Waals surface area contributed by atoms with Crippen LogP contribution in [0.2, 0.25) is 0 Å². The number of aromatic nitrogens is 1. The van der Waals surface area contributed by atoms with Crippen molar-refractivity contribution in [2.75, 3.05) is 11.4 Å². The summed E-state index contributed by atoms with van der Waals surface area (Å²) in [5.74, 6) is 0.277. The normalized spacial score (nSPS) is 24.1. The lowest BCUT2D eigenvalue weighted by Crippen LogP contribution is -2.46. The van der Waals surface area contributed by atoms with E-state index < -0.39 is 5.91 Å². The van der Waals surface area contributed by atoms with E-state index in [0.29, 0.717) is 11.4 Å². The minimum absolute atomic E-state index is 0.234. The third-order valence-corrected chi connectivity index (χ3v) is 3.57. The molecule has 0 radical (unpaired) electrons. The first kappa shape index (κ1) is 12.8. The van der Waals surface area contributed by atoms with Gasteiger partial charge >= 0.3 is 0 Å². The summed E-state index contributed by atoms with van der Waals surface area (Å²) in [4.78, 5) is 18.1. The van der Waals surface area contributed by atoms with Crippen molar-refractivity contribution in [2.24, 2.45) is 11.5 Å². The summed E-state index contributed by atoms with van der Waals surface area (Å²) in [5.41, 5.74) is 12.8. The van der Waals surface area contributed by atoms with Crippen LogP contribution >= 0.6 is 0 Å². The molecule has 5 heteroatoms. The van der Waals surface area contributed by atoms with Crippen molar-refractivity contribution in [3.63, 3.8) is 0 Å². The number of anilines is 1. The zero-order valence-electron chi connectivity index (χ0n) is 10.9. The van der Waals surface area contributed by atoms with Gasteiger partial charge in [-0.3, -0.25) is 4.79 Å². The van der Waals surface area contributed by atoms with Gasteiger partial charge in [-0.1, -0.05) is 0 Å². The molecule has 4 N–H and O–H groups in total. The number of carbonyl (C=O) groups is 1. The third-order valence-electron chi connectivity index (χ3n) is 3.57. The number of hydrogen-bond acceptors (Lipinski definition) is 4. The highest BCUT2D eigenvalue weighted by atomic mass is 16.1. The summed E-state index contributed by atoms with van der Waals surface area (Å²) < 4.78 is 0. The molecule has 1 fully saturated rings. The Hall–Kier alpha value is -1.62. The minimum Gasteiger partial charge on any atom is -0.365 e. The average Bonchev–Trinajstić information content (AvgIpc) is 2.28. The van der Waals surface area contributed by atoms with E-state index in [1.807, 2.05) is 13.0 Å². The van der Waals surface area contributed by atoms with Gasteiger partial charge in [-0.25, -0.2) is 4.98 Å². The number of nitrogens with zero attached hydrogens (tertiary/aromatic N) is 2. The molecule has 0 spiro atoms. The van der Waals surface area contributed by atoms with Gasteiger partial charge in [-0.15, -0.1) is 0 Å². The topological polar surface area (TPSA) is 85.2 Å². The smallest absolute Gasteiger partial charge is 0.252 e. The van der Waals surface area contributed by atoms with Crippen LogP contribution in [-0.2, 0) is 0 Å². The molecule has 0 aromatic carbocycles. The number of amides is 1. The lowest BCUT2D eigenvalue weighted by molar-refractivity contribution is 0.0999. The Morgan fingerprint density at radius 2 is 2.28 bits per heavy atom. The number of carbonyl (C=O) groups excluding carboxylic acids is 1. The van der Waals surface area contributed by atoms with E-state index in [1.54, 1.807) is 6.20 Å². The number of nitrogens with two attached hydrogens (primary N) is 2. The number of hydrogen-bond donors (Lipinski definition) is 2. The molecule has 1 aliphatic rings. The second kappa shape index (κ2) is 4.94. The Morgan fingerprint density at radius 1 is 1.56 bits per heavy atom. The van der Waals surface area contributed by atoms with Crippen molar-refractivity contribution in [3.8, 4) is 0 Å². The number of primary amides is 1.